The number of nitrogens with zero attached hydrogens (tertiary/aromatic N) is 1. The maximum atomic E-state index is 12.0. The van der Waals surface area contributed by atoms with Crippen LogP contribution in [0, 0.1) is 0 Å². The lowest BCUT2D eigenvalue weighted by Crippen LogP contribution is -2.27. The van der Waals surface area contributed by atoms with E-state index in [0.717, 1.165) is 89.9 Å². The van der Waals surface area contributed by atoms with Crippen LogP contribution in [0.5, 0.6) is 0 Å². The molecule has 1 saturated heterocycles. The van der Waals surface area contributed by atoms with Crippen LogP contribution in [0.25, 0.3) is 0 Å². The quantitative estimate of drug-likeness (QED) is 0.0344. The summed E-state index contributed by atoms with van der Waals surface area (Å²) in [7, 11) is 3.63. The molecule has 0 aromatic heterocycles. The Hall–Kier alpha value is -3.76. The van der Waals surface area contributed by atoms with Crippen LogP contribution >= 0.6 is 0 Å². The molecule has 0 unspecified atom stereocenters. The summed E-state index contributed by atoms with van der Waals surface area (Å²) in [6, 6.07) is 0. The molecular formula is C63H111NO9. The van der Waals surface area contributed by atoms with E-state index in [2.05, 4.69) is 93.7 Å². The van der Waals surface area contributed by atoms with Gasteiger partial charge in [-0.2, -0.15) is 0 Å². The maximum absolute atomic E-state index is 12.0. The monoisotopic (exact) mass is 1030 g/mol. The van der Waals surface area contributed by atoms with E-state index in [1.165, 1.54) is 128 Å². The number of allylic oxidation sites excluding steroid dienone is 12. The van der Waals surface area contributed by atoms with Gasteiger partial charge in [-0.3, -0.25) is 24.1 Å². The molecule has 73 heavy (non-hydrogen) atoms. The number of carbonyl (C=O) groups excluding carboxylic acids is 2. The molecule has 1 heterocycles. The first kappa shape index (κ1) is 71.3. The van der Waals surface area contributed by atoms with Crippen LogP contribution in [0.4, 0.5) is 0 Å². The van der Waals surface area contributed by atoms with E-state index in [0.29, 0.717) is 25.7 Å². The number of ether oxygens (including phenoxy) is 3. The van der Waals surface area contributed by atoms with Crippen molar-refractivity contribution in [3.8, 4) is 0 Å². The average molecular weight is 1030 g/mol. The zero-order valence-electron chi connectivity index (χ0n) is 47.6. The summed E-state index contributed by atoms with van der Waals surface area (Å²) >= 11 is 0. The molecule has 422 valence electrons. The molecule has 2 atom stereocenters. The molecule has 0 aliphatic carbocycles. The smallest absolute Gasteiger partial charge is 0.320 e. The van der Waals surface area contributed by atoms with Gasteiger partial charge in [0.25, 0.3) is 0 Å². The second kappa shape index (κ2) is 59.1. The molecule has 0 amide bonds. The van der Waals surface area contributed by atoms with Gasteiger partial charge in [-0.15, -0.1) is 0 Å². The van der Waals surface area contributed by atoms with Crippen LogP contribution in [-0.2, 0) is 33.4 Å². The van der Waals surface area contributed by atoms with Gasteiger partial charge >= 0.3 is 23.9 Å². The number of hydrogen-bond acceptors (Lipinski definition) is 8. The minimum absolute atomic E-state index is 0.190. The molecular weight excluding hydrogens is 915 g/mol. The highest BCUT2D eigenvalue weighted by Gasteiger charge is 2.29. The standard InChI is InChI=1S/C27H47NO5.2C18H32O2/c1-4-5-6-7-8-9-10-11-12-13-14-15-16-17-18-19-25(29)33-27-21-20-24(32-27)23-31-26(30)22-28(2)3;2*1-2-3-4-5-6-7-8-9-10-11-12-13-14-15-16-17-18(19)20/h8-9,11-12,24,27H,4-7,10,13-23H2,1-3H3;2*6-7,9-10H,2-5,8,11-17H2,1H3,(H,19,20)/b9-8-,12-11-;2*7-6-,10-9-/t24-,27-;;/m0../s1. The third-order valence-corrected chi connectivity index (χ3v) is 12.2. The van der Waals surface area contributed by atoms with Crippen molar-refractivity contribution in [2.45, 2.75) is 277 Å². The van der Waals surface area contributed by atoms with Gasteiger partial charge in [-0.05, 0) is 136 Å². The number of aliphatic carboxylic acids is 2. The van der Waals surface area contributed by atoms with Crippen LogP contribution in [0.3, 0.4) is 0 Å². The van der Waals surface area contributed by atoms with Crippen molar-refractivity contribution >= 4 is 23.9 Å². The second-order valence-corrected chi connectivity index (χ2v) is 19.9. The molecule has 0 bridgehead atoms. The number of likely N-dealkylation sites (N-methyl/N-ethyl adjacent to an activating group) is 1. The Labute approximate surface area is 448 Å². The van der Waals surface area contributed by atoms with Crippen LogP contribution in [0.1, 0.15) is 265 Å². The fourth-order valence-corrected chi connectivity index (χ4v) is 7.83. The van der Waals surface area contributed by atoms with Gasteiger partial charge in [0.05, 0.1) is 12.6 Å². The summed E-state index contributed by atoms with van der Waals surface area (Å²) in [5.74, 6) is -1.81. The van der Waals surface area contributed by atoms with Crippen molar-refractivity contribution in [1.82, 2.24) is 4.90 Å². The third-order valence-electron chi connectivity index (χ3n) is 12.2. The van der Waals surface area contributed by atoms with E-state index in [-0.39, 0.29) is 31.2 Å². The molecule has 0 aromatic rings. The number of carbonyl (C=O) groups is 4. The first-order chi connectivity index (χ1) is 35.5. The molecule has 0 saturated carbocycles. The Balaban J connectivity index is 0. The maximum Gasteiger partial charge on any atom is 0.320 e. The Morgan fingerprint density at radius 3 is 1.11 bits per heavy atom. The topological polar surface area (TPSA) is 140 Å². The fourth-order valence-electron chi connectivity index (χ4n) is 7.83. The summed E-state index contributed by atoms with van der Waals surface area (Å²) in [4.78, 5) is 46.0. The Morgan fingerprint density at radius 2 is 0.767 bits per heavy atom. The van der Waals surface area contributed by atoms with Gasteiger partial charge in [0.2, 0.25) is 6.29 Å². The lowest BCUT2D eigenvalue weighted by Gasteiger charge is -2.15. The van der Waals surface area contributed by atoms with Crippen molar-refractivity contribution in [2.24, 2.45) is 0 Å². The van der Waals surface area contributed by atoms with Crippen molar-refractivity contribution < 1.29 is 43.6 Å². The minimum Gasteiger partial charge on any atom is -0.481 e. The van der Waals surface area contributed by atoms with E-state index < -0.39 is 18.2 Å². The summed E-state index contributed by atoms with van der Waals surface area (Å²) in [6.07, 6.45) is 67.6. The first-order valence-electron chi connectivity index (χ1n) is 29.5. The van der Waals surface area contributed by atoms with Crippen molar-refractivity contribution in [3.63, 3.8) is 0 Å². The number of carboxylic acid groups (broad SMARTS) is 2. The number of rotatable bonds is 47. The van der Waals surface area contributed by atoms with Crippen LogP contribution in [-0.4, -0.2) is 78.6 Å². The molecule has 10 heteroatoms. The molecule has 1 aliphatic rings. The van der Waals surface area contributed by atoms with Crippen LogP contribution in [0.15, 0.2) is 72.9 Å². The molecule has 0 spiro atoms. The Morgan fingerprint density at radius 1 is 0.438 bits per heavy atom. The predicted octanol–water partition coefficient (Wildman–Crippen LogP) is 17.7. The van der Waals surface area contributed by atoms with Gasteiger partial charge in [-0.25, -0.2) is 0 Å². The molecule has 0 radical (unpaired) electrons. The molecule has 1 rings (SSSR count). The molecule has 1 fully saturated rings. The van der Waals surface area contributed by atoms with Gasteiger partial charge in [-0.1, -0.05) is 190 Å². The molecule has 1 aliphatic heterocycles. The number of carboxylic acids is 2. The highest BCUT2D eigenvalue weighted by molar-refractivity contribution is 5.71. The van der Waals surface area contributed by atoms with E-state index in [1.54, 1.807) is 4.90 Å². The SMILES string of the molecule is CCCCC/C=C\C/C=C\CCCCCCCC(=O)O.CCCCC/C=C\C/C=C\CCCCCCCC(=O)O.CCCCC/C=C\C/C=C\CCCCCCCC(=O)O[C@H]1CC[C@@H](COC(=O)CN(C)C)O1. The fraction of sp³-hybridized carbons (Fsp3) is 0.746. The van der Waals surface area contributed by atoms with Crippen LogP contribution in [0.2, 0.25) is 0 Å². The van der Waals surface area contributed by atoms with E-state index in [9.17, 15) is 19.2 Å². The van der Waals surface area contributed by atoms with Gasteiger partial charge < -0.3 is 24.4 Å². The zero-order valence-corrected chi connectivity index (χ0v) is 47.6. The number of unbranched alkanes of at least 4 members (excludes halogenated alkanes) is 24. The molecule has 10 nitrogen and oxygen atoms in total. The van der Waals surface area contributed by atoms with Gasteiger partial charge in [0.15, 0.2) is 0 Å². The van der Waals surface area contributed by atoms with Gasteiger partial charge in [0.1, 0.15) is 6.61 Å². The number of esters is 2. The van der Waals surface area contributed by atoms with E-state index in [4.69, 9.17) is 24.4 Å². The molecule has 0 aromatic carbocycles. The van der Waals surface area contributed by atoms with E-state index >= 15 is 0 Å². The summed E-state index contributed by atoms with van der Waals surface area (Å²) in [6.45, 7) is 7.17. The zero-order chi connectivity index (χ0) is 53.9. The largest absolute Gasteiger partial charge is 0.481 e. The summed E-state index contributed by atoms with van der Waals surface area (Å²) in [5.41, 5.74) is 0. The average Bonchev–Trinajstić information content (AvgIpc) is 3.81. The van der Waals surface area contributed by atoms with Crippen LogP contribution < -0.4 is 0 Å². The molecule has 2 N–H and O–H groups in total. The highest BCUT2D eigenvalue weighted by Crippen LogP contribution is 2.22. The van der Waals surface area contributed by atoms with Crippen molar-refractivity contribution in [3.05, 3.63) is 72.9 Å². The predicted molar refractivity (Wildman–Crippen MR) is 307 cm³/mol. The first-order valence-corrected chi connectivity index (χ1v) is 29.5. The second-order valence-electron chi connectivity index (χ2n) is 19.9. The lowest BCUT2D eigenvalue weighted by atomic mass is 10.1. The van der Waals surface area contributed by atoms with Gasteiger partial charge in [0, 0.05) is 25.7 Å². The summed E-state index contributed by atoms with van der Waals surface area (Å²) < 4.78 is 16.3. The highest BCUT2D eigenvalue weighted by atomic mass is 16.7. The minimum atomic E-state index is -0.671. The third kappa shape index (κ3) is 62.5. The lowest BCUT2D eigenvalue weighted by molar-refractivity contribution is -0.180. The van der Waals surface area contributed by atoms with E-state index in [1.807, 2.05) is 14.1 Å². The number of hydrogen-bond donors (Lipinski definition) is 2. The Kier molecular flexibility index (Phi) is 57.8. The normalized spacial score (nSPS) is 14.8. The van der Waals surface area contributed by atoms with Crippen molar-refractivity contribution in [2.75, 3.05) is 27.2 Å². The van der Waals surface area contributed by atoms with Crippen molar-refractivity contribution in [1.29, 1.82) is 0 Å². The Bertz CT molecular complexity index is 1380. The summed E-state index contributed by atoms with van der Waals surface area (Å²) in [5, 5.41) is 17.0.